The molecule has 3 heteroatoms. The highest BCUT2D eigenvalue weighted by Gasteiger charge is 2.16. The Morgan fingerprint density at radius 3 is 2.62 bits per heavy atom. The topological polar surface area (TPSA) is 12.0 Å². The first-order valence-electron chi connectivity index (χ1n) is 7.32. The van der Waals surface area contributed by atoms with Crippen molar-refractivity contribution in [3.05, 3.63) is 70.0 Å². The van der Waals surface area contributed by atoms with Gasteiger partial charge in [-0.05, 0) is 48.7 Å². The molecule has 0 aromatic heterocycles. The Hall–Kier alpha value is -1.38. The van der Waals surface area contributed by atoms with Crippen molar-refractivity contribution < 1.29 is 4.39 Å². The van der Waals surface area contributed by atoms with Crippen molar-refractivity contribution in [2.24, 2.45) is 0 Å². The molecule has 1 N–H and O–H groups in total. The van der Waals surface area contributed by atoms with E-state index in [0.29, 0.717) is 17.0 Å². The predicted octanol–water partition coefficient (Wildman–Crippen LogP) is 4.72. The summed E-state index contributed by atoms with van der Waals surface area (Å²) in [6.45, 7) is 5.93. The van der Waals surface area contributed by atoms with Gasteiger partial charge in [0.15, 0.2) is 0 Å². The van der Waals surface area contributed by atoms with Crippen LogP contribution in [0.1, 0.15) is 29.5 Å². The molecule has 2 rings (SSSR count). The van der Waals surface area contributed by atoms with Gasteiger partial charge in [0.25, 0.3) is 0 Å². The average molecular weight is 306 g/mol. The summed E-state index contributed by atoms with van der Waals surface area (Å²) in [5.74, 6) is 0.0272. The van der Waals surface area contributed by atoms with Gasteiger partial charge in [-0.2, -0.15) is 0 Å². The van der Waals surface area contributed by atoms with Gasteiger partial charge in [-0.25, -0.2) is 4.39 Å². The van der Waals surface area contributed by atoms with E-state index in [9.17, 15) is 4.39 Å². The predicted molar refractivity (Wildman–Crippen MR) is 87.6 cm³/mol. The standard InChI is InChI=1S/C18H21ClFN/c1-3-21-12-15(17-7-5-4-6-13(17)2)10-14-8-9-16(19)11-18(14)20/h4-9,11,15,21H,3,10,12H2,1-2H3. The summed E-state index contributed by atoms with van der Waals surface area (Å²) in [5, 5.41) is 3.82. The Morgan fingerprint density at radius 2 is 1.95 bits per heavy atom. The zero-order chi connectivity index (χ0) is 15.2. The monoisotopic (exact) mass is 305 g/mol. The van der Waals surface area contributed by atoms with Crippen molar-refractivity contribution in [1.29, 1.82) is 0 Å². The fourth-order valence-corrected chi connectivity index (χ4v) is 2.77. The summed E-state index contributed by atoms with van der Waals surface area (Å²) in [6, 6.07) is 13.2. The van der Waals surface area contributed by atoms with Crippen molar-refractivity contribution in [2.75, 3.05) is 13.1 Å². The van der Waals surface area contributed by atoms with Gasteiger partial charge in [-0.1, -0.05) is 48.9 Å². The van der Waals surface area contributed by atoms with E-state index in [-0.39, 0.29) is 11.7 Å². The number of rotatable bonds is 6. The van der Waals surface area contributed by atoms with Crippen LogP contribution >= 0.6 is 11.6 Å². The molecule has 112 valence electrons. The van der Waals surface area contributed by atoms with Gasteiger partial charge in [-0.15, -0.1) is 0 Å². The minimum atomic E-state index is -0.224. The molecule has 0 aliphatic heterocycles. The lowest BCUT2D eigenvalue weighted by atomic mass is 9.89. The summed E-state index contributed by atoms with van der Waals surface area (Å²) in [6.07, 6.45) is 0.668. The number of aryl methyl sites for hydroxylation is 1. The van der Waals surface area contributed by atoms with Crippen LogP contribution in [0, 0.1) is 12.7 Å². The fourth-order valence-electron chi connectivity index (χ4n) is 2.61. The summed E-state index contributed by atoms with van der Waals surface area (Å²) < 4.78 is 14.0. The summed E-state index contributed by atoms with van der Waals surface area (Å²) in [7, 11) is 0. The van der Waals surface area contributed by atoms with Crippen LogP contribution in [0.4, 0.5) is 4.39 Å². The second-order valence-corrected chi connectivity index (χ2v) is 5.74. The first kappa shape index (κ1) is 16.0. The molecule has 1 atom stereocenters. The third-order valence-electron chi connectivity index (χ3n) is 3.75. The molecule has 2 aromatic carbocycles. The van der Waals surface area contributed by atoms with Gasteiger partial charge < -0.3 is 5.32 Å². The zero-order valence-electron chi connectivity index (χ0n) is 12.5. The van der Waals surface area contributed by atoms with E-state index < -0.39 is 0 Å². The number of hydrogen-bond donors (Lipinski definition) is 1. The van der Waals surface area contributed by atoms with Gasteiger partial charge in [0.2, 0.25) is 0 Å². The lowest BCUT2D eigenvalue weighted by Gasteiger charge is -2.20. The first-order chi connectivity index (χ1) is 10.1. The SMILES string of the molecule is CCNCC(Cc1ccc(Cl)cc1F)c1ccccc1C. The highest BCUT2D eigenvalue weighted by molar-refractivity contribution is 6.30. The first-order valence-corrected chi connectivity index (χ1v) is 7.69. The van der Waals surface area contributed by atoms with Crippen LogP contribution in [-0.4, -0.2) is 13.1 Å². The van der Waals surface area contributed by atoms with E-state index >= 15 is 0 Å². The molecular weight excluding hydrogens is 285 g/mol. The van der Waals surface area contributed by atoms with Gasteiger partial charge in [0.05, 0.1) is 0 Å². The third-order valence-corrected chi connectivity index (χ3v) is 3.99. The largest absolute Gasteiger partial charge is 0.316 e. The Kier molecular flexibility index (Phi) is 5.77. The van der Waals surface area contributed by atoms with Crippen LogP contribution in [0.3, 0.4) is 0 Å². The highest BCUT2D eigenvalue weighted by Crippen LogP contribution is 2.25. The van der Waals surface area contributed by atoms with Crippen LogP contribution in [0.2, 0.25) is 5.02 Å². The second-order valence-electron chi connectivity index (χ2n) is 5.30. The Bertz CT molecular complexity index is 598. The van der Waals surface area contributed by atoms with Crippen molar-refractivity contribution in [3.63, 3.8) is 0 Å². The Balaban J connectivity index is 2.26. The molecular formula is C18H21ClFN. The van der Waals surface area contributed by atoms with E-state index in [0.717, 1.165) is 13.1 Å². The summed E-state index contributed by atoms with van der Waals surface area (Å²) in [4.78, 5) is 0. The average Bonchev–Trinajstić information content (AvgIpc) is 2.46. The van der Waals surface area contributed by atoms with Crippen LogP contribution in [0.15, 0.2) is 42.5 Å². The molecule has 0 aliphatic carbocycles. The van der Waals surface area contributed by atoms with Crippen LogP contribution in [-0.2, 0) is 6.42 Å². The summed E-state index contributed by atoms with van der Waals surface area (Å²) in [5.41, 5.74) is 3.23. The Morgan fingerprint density at radius 1 is 1.19 bits per heavy atom. The highest BCUT2D eigenvalue weighted by atomic mass is 35.5. The number of nitrogens with one attached hydrogen (secondary N) is 1. The molecule has 1 nitrogen and oxygen atoms in total. The molecule has 0 fully saturated rings. The molecule has 0 spiro atoms. The van der Waals surface area contributed by atoms with E-state index in [1.54, 1.807) is 12.1 Å². The fraction of sp³-hybridized carbons (Fsp3) is 0.333. The molecule has 0 saturated carbocycles. The van der Waals surface area contributed by atoms with Crippen molar-refractivity contribution in [3.8, 4) is 0 Å². The summed E-state index contributed by atoms with van der Waals surface area (Å²) >= 11 is 5.83. The van der Waals surface area contributed by atoms with E-state index in [1.807, 2.05) is 12.1 Å². The minimum absolute atomic E-state index is 0.224. The minimum Gasteiger partial charge on any atom is -0.316 e. The van der Waals surface area contributed by atoms with Gasteiger partial charge in [-0.3, -0.25) is 0 Å². The maximum Gasteiger partial charge on any atom is 0.127 e. The van der Waals surface area contributed by atoms with Crippen molar-refractivity contribution in [2.45, 2.75) is 26.2 Å². The van der Waals surface area contributed by atoms with Crippen molar-refractivity contribution in [1.82, 2.24) is 5.32 Å². The van der Waals surface area contributed by atoms with E-state index in [1.165, 1.54) is 17.2 Å². The molecule has 0 heterocycles. The maximum absolute atomic E-state index is 14.0. The lowest BCUT2D eigenvalue weighted by Crippen LogP contribution is -2.23. The number of likely N-dealkylation sites (N-methyl/N-ethyl adjacent to an activating group) is 1. The molecule has 1 unspecified atom stereocenters. The normalized spacial score (nSPS) is 12.4. The zero-order valence-corrected chi connectivity index (χ0v) is 13.3. The van der Waals surface area contributed by atoms with Crippen LogP contribution in [0.5, 0.6) is 0 Å². The van der Waals surface area contributed by atoms with E-state index in [4.69, 9.17) is 11.6 Å². The molecule has 0 amide bonds. The number of benzene rings is 2. The molecule has 0 bridgehead atoms. The Labute approximate surface area is 131 Å². The molecule has 21 heavy (non-hydrogen) atoms. The quantitative estimate of drug-likeness (QED) is 0.814. The number of halogens is 2. The van der Waals surface area contributed by atoms with E-state index in [2.05, 4.69) is 31.3 Å². The smallest absolute Gasteiger partial charge is 0.127 e. The van der Waals surface area contributed by atoms with Crippen LogP contribution < -0.4 is 5.32 Å². The van der Waals surface area contributed by atoms with Gasteiger partial charge >= 0.3 is 0 Å². The second kappa shape index (κ2) is 7.58. The molecule has 0 radical (unpaired) electrons. The molecule has 0 aliphatic rings. The van der Waals surface area contributed by atoms with Crippen molar-refractivity contribution >= 4 is 11.6 Å². The lowest BCUT2D eigenvalue weighted by molar-refractivity contribution is 0.561. The molecule has 0 saturated heterocycles. The van der Waals surface area contributed by atoms with Gasteiger partial charge in [0.1, 0.15) is 5.82 Å². The number of hydrogen-bond acceptors (Lipinski definition) is 1. The third kappa shape index (κ3) is 4.29. The maximum atomic E-state index is 14.0. The molecule has 2 aromatic rings. The van der Waals surface area contributed by atoms with Crippen LogP contribution in [0.25, 0.3) is 0 Å². The van der Waals surface area contributed by atoms with Gasteiger partial charge in [0, 0.05) is 17.5 Å².